The van der Waals surface area contributed by atoms with Crippen LogP contribution in [-0.4, -0.2) is 22.0 Å². The molecule has 2 atom stereocenters. The van der Waals surface area contributed by atoms with E-state index < -0.39 is 0 Å². The van der Waals surface area contributed by atoms with Crippen molar-refractivity contribution in [2.75, 3.05) is 11.5 Å². The summed E-state index contributed by atoms with van der Waals surface area (Å²) in [4.78, 5) is 0. The Labute approximate surface area is 59.8 Å². The smallest absolute Gasteiger partial charge is 0.0135 e. The quantitative estimate of drug-likeness (QED) is 0.517. The highest BCUT2D eigenvalue weighted by Crippen LogP contribution is 2.29. The van der Waals surface area contributed by atoms with Gasteiger partial charge in [-0.15, -0.1) is 0 Å². The van der Waals surface area contributed by atoms with Crippen LogP contribution in [0.3, 0.4) is 0 Å². The molecule has 0 amide bonds. The van der Waals surface area contributed by atoms with Crippen LogP contribution < -0.4 is 0 Å². The molecule has 0 bridgehead atoms. The van der Waals surface area contributed by atoms with E-state index in [9.17, 15) is 0 Å². The standard InChI is InChI=1S/C6H12S2/c1-5-6(2)8-4-3-7-5/h5-6H,3-4H2,1-2H3/t5-,6-/m0/s1. The summed E-state index contributed by atoms with van der Waals surface area (Å²) in [6.45, 7) is 4.64. The van der Waals surface area contributed by atoms with Crippen molar-refractivity contribution in [2.45, 2.75) is 24.3 Å². The summed E-state index contributed by atoms with van der Waals surface area (Å²) in [6, 6.07) is 0. The largest absolute Gasteiger partial charge is 0.157 e. The fourth-order valence-corrected chi connectivity index (χ4v) is 3.27. The van der Waals surface area contributed by atoms with Gasteiger partial charge in [0.1, 0.15) is 0 Å². The van der Waals surface area contributed by atoms with Gasteiger partial charge >= 0.3 is 0 Å². The Bertz CT molecular complexity index is 62.9. The molecular formula is C6H12S2. The van der Waals surface area contributed by atoms with Crippen LogP contribution in [0.25, 0.3) is 0 Å². The second-order valence-electron chi connectivity index (χ2n) is 2.15. The lowest BCUT2D eigenvalue weighted by Gasteiger charge is -2.23. The Morgan fingerprint density at radius 1 is 1.00 bits per heavy atom. The van der Waals surface area contributed by atoms with Crippen molar-refractivity contribution in [3.8, 4) is 0 Å². The van der Waals surface area contributed by atoms with Gasteiger partial charge in [0.2, 0.25) is 0 Å². The van der Waals surface area contributed by atoms with E-state index >= 15 is 0 Å². The topological polar surface area (TPSA) is 0 Å². The minimum absolute atomic E-state index is 0.883. The highest BCUT2D eigenvalue weighted by molar-refractivity contribution is 8.07. The molecule has 0 saturated carbocycles. The molecule has 0 nitrogen and oxygen atoms in total. The van der Waals surface area contributed by atoms with Crippen LogP contribution in [0.4, 0.5) is 0 Å². The van der Waals surface area contributed by atoms with Gasteiger partial charge in [0.05, 0.1) is 0 Å². The lowest BCUT2D eigenvalue weighted by Crippen LogP contribution is -2.18. The van der Waals surface area contributed by atoms with Gasteiger partial charge in [-0.25, -0.2) is 0 Å². The molecule has 0 aromatic rings. The molecule has 1 heterocycles. The zero-order valence-corrected chi connectivity index (χ0v) is 7.02. The first-order valence-electron chi connectivity index (χ1n) is 3.04. The van der Waals surface area contributed by atoms with Crippen LogP contribution in [0.1, 0.15) is 13.8 Å². The fraction of sp³-hybridized carbons (Fsp3) is 1.00. The SMILES string of the molecule is C[C@@H]1SCCS[C@H]1C. The molecule has 1 saturated heterocycles. The first-order valence-corrected chi connectivity index (χ1v) is 5.13. The van der Waals surface area contributed by atoms with E-state index in [1.54, 1.807) is 0 Å². The predicted molar refractivity (Wildman–Crippen MR) is 43.8 cm³/mol. The molecule has 2 heteroatoms. The second-order valence-corrected chi connectivity index (χ2v) is 5.12. The average molecular weight is 148 g/mol. The van der Waals surface area contributed by atoms with Crippen LogP contribution in [-0.2, 0) is 0 Å². The van der Waals surface area contributed by atoms with E-state index in [1.165, 1.54) is 11.5 Å². The summed E-state index contributed by atoms with van der Waals surface area (Å²) < 4.78 is 0. The van der Waals surface area contributed by atoms with E-state index in [0.717, 1.165) is 10.5 Å². The van der Waals surface area contributed by atoms with E-state index in [-0.39, 0.29) is 0 Å². The Morgan fingerprint density at radius 2 is 1.38 bits per heavy atom. The first-order chi connectivity index (χ1) is 3.80. The van der Waals surface area contributed by atoms with Gasteiger partial charge in [0, 0.05) is 22.0 Å². The Hall–Kier alpha value is 0.700. The number of hydrogen-bond acceptors (Lipinski definition) is 2. The Kier molecular flexibility index (Phi) is 2.57. The summed E-state index contributed by atoms with van der Waals surface area (Å²) in [5, 5.41) is 1.77. The van der Waals surface area contributed by atoms with Gasteiger partial charge in [-0.05, 0) is 0 Å². The molecule has 0 aromatic heterocycles. The molecule has 0 aliphatic carbocycles. The lowest BCUT2D eigenvalue weighted by atomic mass is 10.4. The van der Waals surface area contributed by atoms with E-state index in [0.29, 0.717) is 0 Å². The third kappa shape index (κ3) is 1.59. The maximum atomic E-state index is 2.32. The molecule has 1 rings (SSSR count). The zero-order valence-electron chi connectivity index (χ0n) is 5.39. The van der Waals surface area contributed by atoms with Crippen LogP contribution in [0.2, 0.25) is 0 Å². The van der Waals surface area contributed by atoms with Crippen LogP contribution in [0.5, 0.6) is 0 Å². The highest BCUT2D eigenvalue weighted by Gasteiger charge is 2.16. The van der Waals surface area contributed by atoms with Crippen molar-refractivity contribution in [1.82, 2.24) is 0 Å². The molecule has 0 spiro atoms. The second kappa shape index (κ2) is 3.02. The molecule has 0 N–H and O–H groups in total. The molecule has 48 valence electrons. The fourth-order valence-electron chi connectivity index (χ4n) is 0.739. The molecule has 0 unspecified atom stereocenters. The number of hydrogen-bond donors (Lipinski definition) is 0. The summed E-state index contributed by atoms with van der Waals surface area (Å²) >= 11 is 4.21. The summed E-state index contributed by atoms with van der Waals surface area (Å²) in [7, 11) is 0. The van der Waals surface area contributed by atoms with E-state index in [1.807, 2.05) is 0 Å². The molecule has 1 aliphatic rings. The zero-order chi connectivity index (χ0) is 5.98. The van der Waals surface area contributed by atoms with Crippen molar-refractivity contribution >= 4 is 23.5 Å². The Morgan fingerprint density at radius 3 is 1.62 bits per heavy atom. The van der Waals surface area contributed by atoms with Crippen LogP contribution in [0, 0.1) is 0 Å². The monoisotopic (exact) mass is 148 g/mol. The summed E-state index contributed by atoms with van der Waals surface area (Å²) in [5.41, 5.74) is 0. The Balaban J connectivity index is 2.28. The molecule has 0 aromatic carbocycles. The van der Waals surface area contributed by atoms with Gasteiger partial charge in [-0.3, -0.25) is 0 Å². The van der Waals surface area contributed by atoms with E-state index in [2.05, 4.69) is 37.4 Å². The molecule has 0 radical (unpaired) electrons. The molecule has 1 fully saturated rings. The lowest BCUT2D eigenvalue weighted by molar-refractivity contribution is 0.918. The van der Waals surface area contributed by atoms with Crippen molar-refractivity contribution in [1.29, 1.82) is 0 Å². The minimum Gasteiger partial charge on any atom is -0.157 e. The molecule has 1 aliphatic heterocycles. The first kappa shape index (κ1) is 6.81. The maximum absolute atomic E-state index is 2.32. The highest BCUT2D eigenvalue weighted by atomic mass is 32.2. The molecule has 8 heavy (non-hydrogen) atoms. The van der Waals surface area contributed by atoms with Crippen molar-refractivity contribution < 1.29 is 0 Å². The van der Waals surface area contributed by atoms with Gasteiger partial charge in [-0.2, -0.15) is 23.5 Å². The van der Waals surface area contributed by atoms with Crippen LogP contribution in [0.15, 0.2) is 0 Å². The van der Waals surface area contributed by atoms with Gasteiger partial charge in [0.15, 0.2) is 0 Å². The third-order valence-corrected chi connectivity index (χ3v) is 4.68. The van der Waals surface area contributed by atoms with Gasteiger partial charge < -0.3 is 0 Å². The van der Waals surface area contributed by atoms with Crippen LogP contribution >= 0.6 is 23.5 Å². The van der Waals surface area contributed by atoms with Gasteiger partial charge in [0.25, 0.3) is 0 Å². The predicted octanol–water partition coefficient (Wildman–Crippen LogP) is 2.24. The normalized spacial score (nSPS) is 39.8. The number of thioether (sulfide) groups is 2. The minimum atomic E-state index is 0.883. The van der Waals surface area contributed by atoms with E-state index in [4.69, 9.17) is 0 Å². The average Bonchev–Trinajstić information content (AvgIpc) is 1.77. The molecular weight excluding hydrogens is 136 g/mol. The third-order valence-electron chi connectivity index (χ3n) is 1.51. The summed E-state index contributed by atoms with van der Waals surface area (Å²) in [6.07, 6.45) is 0. The summed E-state index contributed by atoms with van der Waals surface area (Å²) in [5.74, 6) is 2.71. The number of rotatable bonds is 0. The van der Waals surface area contributed by atoms with Crippen molar-refractivity contribution in [3.05, 3.63) is 0 Å². The maximum Gasteiger partial charge on any atom is 0.0135 e. The van der Waals surface area contributed by atoms with Gasteiger partial charge in [-0.1, -0.05) is 13.8 Å². The van der Waals surface area contributed by atoms with Crippen molar-refractivity contribution in [3.63, 3.8) is 0 Å². The van der Waals surface area contributed by atoms with Crippen molar-refractivity contribution in [2.24, 2.45) is 0 Å².